The highest BCUT2D eigenvalue weighted by molar-refractivity contribution is 5.96. The van der Waals surface area contributed by atoms with E-state index in [-0.39, 0.29) is 52.4 Å². The van der Waals surface area contributed by atoms with E-state index in [1.54, 1.807) is 0 Å². The molecule has 8 nitrogen and oxygen atoms in total. The minimum absolute atomic E-state index is 0.00369. The van der Waals surface area contributed by atoms with Gasteiger partial charge in [-0.15, -0.1) is 5.10 Å². The molecule has 0 aliphatic carbocycles. The third-order valence-corrected chi connectivity index (χ3v) is 4.66. The SMILES string of the molecule is [2H]c1nc(N)c2c([2H])c1-c1c(nn(C)c1[N+]#[C-])CN(C)C(=O)c1c([2H])c([2H])c(F)c([2H])c1[C@@H](C)O2. The second kappa shape index (κ2) is 7.15. The van der Waals surface area contributed by atoms with Crippen molar-refractivity contribution in [1.82, 2.24) is 19.7 Å². The van der Waals surface area contributed by atoms with Gasteiger partial charge in [0.05, 0.1) is 20.4 Å². The maximum absolute atomic E-state index is 14.6. The first-order chi connectivity index (χ1) is 16.4. The minimum atomic E-state index is -1.29. The number of carbonyl (C=O) groups is 1. The zero-order valence-corrected chi connectivity index (χ0v) is 16.3. The zero-order chi connectivity index (χ0) is 25.9. The molecule has 0 saturated carbocycles. The van der Waals surface area contributed by atoms with Gasteiger partial charge in [0.2, 0.25) is 0 Å². The van der Waals surface area contributed by atoms with Crippen molar-refractivity contribution in [2.75, 3.05) is 12.8 Å². The van der Waals surface area contributed by atoms with Crippen LogP contribution in [-0.2, 0) is 13.6 Å². The number of aromatic nitrogens is 3. The van der Waals surface area contributed by atoms with Gasteiger partial charge >= 0.3 is 0 Å². The summed E-state index contributed by atoms with van der Waals surface area (Å²) in [6.07, 6.45) is -1.67. The van der Waals surface area contributed by atoms with Crippen LogP contribution in [0, 0.1) is 12.4 Å². The van der Waals surface area contributed by atoms with Gasteiger partial charge in [0.15, 0.2) is 11.6 Å². The van der Waals surface area contributed by atoms with Crippen molar-refractivity contribution in [3.63, 3.8) is 0 Å². The van der Waals surface area contributed by atoms with Crippen LogP contribution in [0.4, 0.5) is 16.0 Å². The second-order valence-corrected chi connectivity index (χ2v) is 6.72. The highest BCUT2D eigenvalue weighted by Crippen LogP contribution is 2.38. The Labute approximate surface area is 179 Å². The molecule has 0 unspecified atom stereocenters. The summed E-state index contributed by atoms with van der Waals surface area (Å²) in [6.45, 7) is 8.75. The lowest BCUT2D eigenvalue weighted by atomic mass is 10.0. The second-order valence-electron chi connectivity index (χ2n) is 6.72. The number of hydrogen-bond acceptors (Lipinski definition) is 5. The summed E-state index contributed by atoms with van der Waals surface area (Å²) in [5, 5.41) is 4.30. The van der Waals surface area contributed by atoms with E-state index in [0.29, 0.717) is 0 Å². The minimum Gasteiger partial charge on any atom is -0.482 e. The Hall–Kier alpha value is -3.93. The maximum atomic E-state index is 14.6. The van der Waals surface area contributed by atoms with Gasteiger partial charge in [0.25, 0.3) is 11.7 Å². The number of aryl methyl sites for hydroxylation is 1. The number of pyridine rings is 1. The molecule has 4 rings (SSSR count). The van der Waals surface area contributed by atoms with Gasteiger partial charge in [-0.05, 0) is 36.7 Å². The van der Waals surface area contributed by atoms with Crippen LogP contribution in [0.25, 0.3) is 16.0 Å². The third kappa shape index (κ3) is 3.12. The van der Waals surface area contributed by atoms with Crippen molar-refractivity contribution in [3.8, 4) is 16.9 Å². The molecule has 2 bridgehead atoms. The summed E-state index contributed by atoms with van der Waals surface area (Å²) in [7, 11) is 2.88. The van der Waals surface area contributed by atoms with Gasteiger partial charge in [-0.2, -0.15) is 0 Å². The van der Waals surface area contributed by atoms with E-state index in [1.807, 2.05) is 0 Å². The summed E-state index contributed by atoms with van der Waals surface area (Å²) in [5.41, 5.74) is 5.43. The Morgan fingerprint density at radius 1 is 1.40 bits per heavy atom. The molecule has 1 aliphatic rings. The molecular formula is C21H19FN6O2. The standard InChI is InChI=1S/C21H19FN6O2/c1-11-15-8-13(22)5-6-14(15)21(29)27(3)10-16-18(20(24-2)28(4)26-16)12-7-17(30-11)19(23)25-9-12/h5-9,11H,10H2,1,3-4H3,(H2,23,25)/t11-/m1/s1/i5D,6D,7D,8D,9D. The van der Waals surface area contributed by atoms with Crippen molar-refractivity contribution in [3.05, 3.63) is 64.4 Å². The Balaban J connectivity index is 2.13. The fourth-order valence-corrected chi connectivity index (χ4v) is 3.24. The van der Waals surface area contributed by atoms with Gasteiger partial charge in [-0.25, -0.2) is 14.1 Å². The van der Waals surface area contributed by atoms with E-state index in [0.717, 1.165) is 4.90 Å². The van der Waals surface area contributed by atoms with Crippen molar-refractivity contribution in [2.45, 2.75) is 19.6 Å². The van der Waals surface area contributed by atoms with Gasteiger partial charge in [0.1, 0.15) is 17.6 Å². The molecule has 30 heavy (non-hydrogen) atoms. The van der Waals surface area contributed by atoms with Crippen LogP contribution >= 0.6 is 0 Å². The number of halogens is 1. The molecule has 152 valence electrons. The van der Waals surface area contributed by atoms with E-state index >= 15 is 0 Å². The van der Waals surface area contributed by atoms with Gasteiger partial charge < -0.3 is 20.2 Å². The number of rotatable bonds is 0. The lowest BCUT2D eigenvalue weighted by Gasteiger charge is -2.23. The summed E-state index contributed by atoms with van der Waals surface area (Å²) >= 11 is 0. The first-order valence-electron chi connectivity index (χ1n) is 11.3. The molecular weight excluding hydrogens is 387 g/mol. The number of hydrogen-bond donors (Lipinski definition) is 1. The molecule has 0 radical (unpaired) electrons. The fraction of sp³-hybridized carbons (Fsp3) is 0.238. The number of nitrogens with zero attached hydrogens (tertiary/aromatic N) is 5. The predicted molar refractivity (Wildman–Crippen MR) is 108 cm³/mol. The Kier molecular flexibility index (Phi) is 3.36. The summed E-state index contributed by atoms with van der Waals surface area (Å²) in [5.74, 6) is -2.72. The van der Waals surface area contributed by atoms with E-state index in [4.69, 9.17) is 23.9 Å². The van der Waals surface area contributed by atoms with Crippen LogP contribution in [0.3, 0.4) is 0 Å². The molecule has 1 atom stereocenters. The highest BCUT2D eigenvalue weighted by Gasteiger charge is 2.27. The predicted octanol–water partition coefficient (Wildman–Crippen LogP) is 3.48. The van der Waals surface area contributed by atoms with E-state index in [9.17, 15) is 9.18 Å². The van der Waals surface area contributed by atoms with Crippen molar-refractivity contribution in [2.24, 2.45) is 7.05 Å². The number of nitrogens with two attached hydrogens (primary N) is 1. The normalized spacial score (nSPS) is 18.2. The third-order valence-electron chi connectivity index (χ3n) is 4.66. The highest BCUT2D eigenvalue weighted by atomic mass is 19.1. The zero-order valence-electron chi connectivity index (χ0n) is 21.3. The first kappa shape index (κ1) is 14.1. The lowest BCUT2D eigenvalue weighted by Crippen LogP contribution is -2.28. The van der Waals surface area contributed by atoms with Crippen LogP contribution in [0.1, 0.15) is 41.5 Å². The topological polar surface area (TPSA) is 90.6 Å². The molecule has 2 aromatic heterocycles. The number of ether oxygens (including phenoxy) is 1. The summed E-state index contributed by atoms with van der Waals surface area (Å²) in [4.78, 5) is 22.0. The molecule has 9 heteroatoms. The maximum Gasteiger partial charge on any atom is 0.260 e. The average molecular weight is 411 g/mol. The number of benzene rings is 1. The van der Waals surface area contributed by atoms with Crippen LogP contribution in [0.15, 0.2) is 30.3 Å². The fourth-order valence-electron chi connectivity index (χ4n) is 3.24. The van der Waals surface area contributed by atoms with Crippen LogP contribution in [0.2, 0.25) is 0 Å². The van der Waals surface area contributed by atoms with E-state index in [2.05, 4.69) is 14.9 Å². The number of nitrogen functional groups attached to an aromatic ring is 1. The molecule has 1 aliphatic heterocycles. The monoisotopic (exact) mass is 411 g/mol. The molecule has 2 N–H and O–H groups in total. The van der Waals surface area contributed by atoms with Gasteiger partial charge in [-0.3, -0.25) is 4.79 Å². The molecule has 0 saturated heterocycles. The first-order valence-corrected chi connectivity index (χ1v) is 8.82. The molecule has 0 spiro atoms. The number of carbonyl (C=O) groups excluding carboxylic acids is 1. The lowest BCUT2D eigenvalue weighted by molar-refractivity contribution is 0.0778. The van der Waals surface area contributed by atoms with Gasteiger partial charge in [-0.1, -0.05) is 6.57 Å². The molecule has 1 aromatic carbocycles. The van der Waals surface area contributed by atoms with Crippen molar-refractivity contribution in [1.29, 1.82) is 0 Å². The molecule has 0 fully saturated rings. The number of anilines is 1. The Morgan fingerprint density at radius 3 is 2.90 bits per heavy atom. The smallest absolute Gasteiger partial charge is 0.260 e. The molecule has 1 amide bonds. The van der Waals surface area contributed by atoms with Crippen LogP contribution in [0.5, 0.6) is 5.75 Å². The molecule has 3 heterocycles. The number of fused-ring (bicyclic) bond motifs is 5. The number of amides is 1. The van der Waals surface area contributed by atoms with E-state index in [1.165, 1.54) is 25.7 Å². The Morgan fingerprint density at radius 2 is 2.17 bits per heavy atom. The molecule has 3 aromatic rings. The quantitative estimate of drug-likeness (QED) is 0.572. The van der Waals surface area contributed by atoms with Gasteiger partial charge in [0, 0.05) is 29.9 Å². The van der Waals surface area contributed by atoms with Crippen molar-refractivity contribution < 1.29 is 20.8 Å². The average Bonchev–Trinajstić information content (AvgIpc) is 3.10. The Bertz CT molecular complexity index is 1470. The van der Waals surface area contributed by atoms with Crippen LogP contribution in [-0.4, -0.2) is 32.6 Å². The van der Waals surface area contributed by atoms with E-state index < -0.39 is 47.7 Å². The van der Waals surface area contributed by atoms with Crippen molar-refractivity contribution >= 4 is 17.5 Å². The largest absolute Gasteiger partial charge is 0.482 e. The summed E-state index contributed by atoms with van der Waals surface area (Å²) < 4.78 is 63.1. The summed E-state index contributed by atoms with van der Waals surface area (Å²) in [6, 6.07) is -2.80. The van der Waals surface area contributed by atoms with Crippen LogP contribution < -0.4 is 10.5 Å².